The molecule has 13 unspecified atom stereocenters. The van der Waals surface area contributed by atoms with Crippen LogP contribution in [0.1, 0.15) is 207 Å². The lowest BCUT2D eigenvalue weighted by Gasteiger charge is -2.51. The van der Waals surface area contributed by atoms with Crippen molar-refractivity contribution in [1.29, 1.82) is 0 Å². The van der Waals surface area contributed by atoms with Gasteiger partial charge in [0.1, 0.15) is 11.5 Å². The van der Waals surface area contributed by atoms with Crippen LogP contribution >= 0.6 is 0 Å². The highest BCUT2D eigenvalue weighted by atomic mass is 16.5. The Bertz CT molecular complexity index is 3050. The van der Waals surface area contributed by atoms with Crippen LogP contribution in [0.2, 0.25) is 0 Å². The number of rotatable bonds is 13. The van der Waals surface area contributed by atoms with E-state index >= 15 is 0 Å². The average molecular weight is 1120 g/mol. The first kappa shape index (κ1) is 56.9. The molecule has 3 nitrogen and oxygen atoms in total. The third kappa shape index (κ3) is 10.8. The molecule has 0 aromatic rings. The van der Waals surface area contributed by atoms with Crippen molar-refractivity contribution in [3.8, 4) is 0 Å². The molecule has 14 aliphatic rings. The molecule has 1 aliphatic heterocycles. The minimum absolute atomic E-state index is 0.0956. The van der Waals surface area contributed by atoms with E-state index < -0.39 is 0 Å². The van der Waals surface area contributed by atoms with Crippen LogP contribution in [0, 0.1) is 64.1 Å². The van der Waals surface area contributed by atoms with E-state index in [9.17, 15) is 0 Å². The maximum atomic E-state index is 6.74. The fourth-order valence-electron chi connectivity index (χ4n) is 20.5. The predicted molar refractivity (Wildman–Crippen MR) is 352 cm³/mol. The lowest BCUT2D eigenvalue weighted by molar-refractivity contribution is 0.0863. The van der Waals surface area contributed by atoms with Gasteiger partial charge in [0.05, 0.1) is 6.04 Å². The molecular weight excluding hydrogens is 1020 g/mol. The normalized spacial score (nSPS) is 37.0. The minimum atomic E-state index is 0.0956. The van der Waals surface area contributed by atoms with E-state index in [2.05, 4.69) is 159 Å². The summed E-state index contributed by atoms with van der Waals surface area (Å²) in [5.74, 6) is 8.32. The van der Waals surface area contributed by atoms with Gasteiger partial charge < -0.3 is 9.64 Å². The van der Waals surface area contributed by atoms with Crippen LogP contribution in [-0.4, -0.2) is 34.0 Å². The van der Waals surface area contributed by atoms with E-state index in [0.717, 1.165) is 61.4 Å². The standard InChI is InChI=1S/C81H104N2O/c1-6-55-21-25-57(26-22-55)59-31-44-68(45-32-59)83-78-20-14-12-18-74(78)75-53-62(35-52-79(75)83)61-33-42-67(43-34-61)82(66-40-29-60(30-41-66)58-27-36-63(37-28-58)80(3,4)5)69-46-51-73-72-17-11-13-19-76(72)81(77(73)54-69,64-15-9-8-10-16-64)65-38-49-71(50-39-65)84-70-47-23-56(7-2)24-48-70/h6-7,13,19-21,23,25,29,33,35-36,38,42,44,46-47,49,51-52,58-59,61-62,64,66-67,69,72,74-76,79H,1-2,8-12,14-18,22,24,26-28,30-32,34,37,39-41,43,45,48,50,53-54H2,3-5H3. The van der Waals surface area contributed by atoms with Crippen molar-refractivity contribution >= 4 is 0 Å². The lowest BCUT2D eigenvalue weighted by atomic mass is 9.53. The molecule has 0 N–H and O–H groups in total. The van der Waals surface area contributed by atoms with Gasteiger partial charge >= 0.3 is 0 Å². The summed E-state index contributed by atoms with van der Waals surface area (Å²) >= 11 is 0. The van der Waals surface area contributed by atoms with E-state index in [1.165, 1.54) is 165 Å². The summed E-state index contributed by atoms with van der Waals surface area (Å²) in [6.07, 6.45) is 87.4. The second kappa shape index (κ2) is 24.4. The molecule has 0 aromatic heterocycles. The van der Waals surface area contributed by atoms with Gasteiger partial charge in [-0.2, -0.15) is 0 Å². The second-order valence-electron chi connectivity index (χ2n) is 30.0. The number of nitrogens with zero attached hydrogens (tertiary/aromatic N) is 2. The fourth-order valence-corrected chi connectivity index (χ4v) is 20.5. The van der Waals surface area contributed by atoms with Crippen LogP contribution in [0.4, 0.5) is 0 Å². The summed E-state index contributed by atoms with van der Waals surface area (Å²) in [5.41, 5.74) is 16.9. The first-order valence-corrected chi connectivity index (χ1v) is 35.1. The molecule has 1 saturated heterocycles. The van der Waals surface area contributed by atoms with Crippen LogP contribution in [0.25, 0.3) is 0 Å². The zero-order valence-corrected chi connectivity index (χ0v) is 52.3. The molecule has 84 heavy (non-hydrogen) atoms. The Kier molecular flexibility index (Phi) is 16.5. The van der Waals surface area contributed by atoms with Crippen LogP contribution < -0.4 is 0 Å². The molecule has 1 heterocycles. The predicted octanol–water partition coefficient (Wildman–Crippen LogP) is 21.2. The molecule has 13 aliphatic carbocycles. The number of allylic oxidation sites excluding steroid dienone is 27. The number of ether oxygens (including phenoxy) is 1. The van der Waals surface area contributed by atoms with Gasteiger partial charge in [-0.1, -0.05) is 190 Å². The molecule has 0 radical (unpaired) electrons. The smallest absolute Gasteiger partial charge is 0.104 e. The number of likely N-dealkylation sites (tertiary alicyclic amines) is 1. The molecule has 0 amide bonds. The first-order valence-electron chi connectivity index (χ1n) is 35.1. The van der Waals surface area contributed by atoms with Gasteiger partial charge in [-0.15, -0.1) is 0 Å². The van der Waals surface area contributed by atoms with Crippen molar-refractivity contribution in [1.82, 2.24) is 9.80 Å². The van der Waals surface area contributed by atoms with Gasteiger partial charge in [0.25, 0.3) is 0 Å². The Hall–Kier alpha value is -4.86. The third-order valence-electron chi connectivity index (χ3n) is 24.9. The number of fused-ring (bicyclic) bond motifs is 5. The summed E-state index contributed by atoms with van der Waals surface area (Å²) in [6, 6.07) is 1.99. The Balaban J connectivity index is 0.747. The first-order chi connectivity index (χ1) is 41.1. The maximum absolute atomic E-state index is 6.74. The highest BCUT2D eigenvalue weighted by molar-refractivity contribution is 5.53. The van der Waals surface area contributed by atoms with Crippen molar-refractivity contribution in [2.75, 3.05) is 0 Å². The summed E-state index contributed by atoms with van der Waals surface area (Å²) in [4.78, 5) is 6.08. The summed E-state index contributed by atoms with van der Waals surface area (Å²) < 4.78 is 6.74. The average Bonchev–Trinajstić information content (AvgIpc) is 1.99. The summed E-state index contributed by atoms with van der Waals surface area (Å²) in [5, 5.41) is 0. The molecule has 3 heteroatoms. The molecule has 0 bridgehead atoms. The van der Waals surface area contributed by atoms with E-state index in [-0.39, 0.29) is 5.41 Å². The van der Waals surface area contributed by atoms with Gasteiger partial charge in [0.15, 0.2) is 0 Å². The molecule has 1 saturated carbocycles. The SMILES string of the molecule is C=CC1=CC=C(OC2=CC=C(C3(C4CCCCC4)C4=C(C=CC(N(C5C=CC(C6C=CC7C(C6)C6CCCC=C6N7C6=CCC(C7=CC=C(C=C)CC7)CC6)CC5)C5CC=C(C6CC=C(C(C)(C)C)CC6)CC5)C4)C4CCC=CC43)CC2)CC1. The second-order valence-corrected chi connectivity index (χ2v) is 30.0. The van der Waals surface area contributed by atoms with Crippen LogP contribution in [-0.2, 0) is 4.74 Å². The van der Waals surface area contributed by atoms with E-state index in [0.29, 0.717) is 65.1 Å². The molecular formula is C81H104N2O. The zero-order valence-electron chi connectivity index (χ0n) is 52.3. The molecule has 0 aromatic carbocycles. The fraction of sp³-hybridized carbons (Fsp3) is 0.580. The van der Waals surface area contributed by atoms with Gasteiger partial charge in [0.2, 0.25) is 0 Å². The summed E-state index contributed by atoms with van der Waals surface area (Å²) in [6.45, 7) is 15.3. The highest BCUT2D eigenvalue weighted by Gasteiger charge is 2.59. The van der Waals surface area contributed by atoms with Crippen molar-refractivity contribution in [2.24, 2.45) is 64.1 Å². The molecule has 14 rings (SSSR count). The van der Waals surface area contributed by atoms with E-state index in [4.69, 9.17) is 4.74 Å². The van der Waals surface area contributed by atoms with Gasteiger partial charge in [-0.25, -0.2) is 0 Å². The number of hydrogen-bond donors (Lipinski definition) is 0. The number of hydrogen-bond acceptors (Lipinski definition) is 3. The van der Waals surface area contributed by atoms with Crippen LogP contribution in [0.15, 0.2) is 202 Å². The molecule has 13 atom stereocenters. The van der Waals surface area contributed by atoms with Crippen LogP contribution in [0.5, 0.6) is 0 Å². The maximum Gasteiger partial charge on any atom is 0.104 e. The largest absolute Gasteiger partial charge is 0.466 e. The Labute approximate surface area is 509 Å². The van der Waals surface area contributed by atoms with Crippen molar-refractivity contribution in [2.45, 2.75) is 231 Å². The van der Waals surface area contributed by atoms with Crippen molar-refractivity contribution < 1.29 is 4.74 Å². The lowest BCUT2D eigenvalue weighted by Crippen LogP contribution is -2.51. The van der Waals surface area contributed by atoms with Gasteiger partial charge in [-0.05, 0) is 236 Å². The molecule has 2 fully saturated rings. The van der Waals surface area contributed by atoms with Crippen LogP contribution in [0.3, 0.4) is 0 Å². The van der Waals surface area contributed by atoms with Gasteiger partial charge in [0, 0.05) is 53.7 Å². The van der Waals surface area contributed by atoms with Crippen molar-refractivity contribution in [3.05, 3.63) is 202 Å². The van der Waals surface area contributed by atoms with E-state index in [1.807, 2.05) is 11.6 Å². The van der Waals surface area contributed by atoms with E-state index in [1.54, 1.807) is 39.3 Å². The summed E-state index contributed by atoms with van der Waals surface area (Å²) in [7, 11) is 0. The topological polar surface area (TPSA) is 15.7 Å². The Morgan fingerprint density at radius 3 is 2.07 bits per heavy atom. The third-order valence-corrected chi connectivity index (χ3v) is 24.9. The quantitative estimate of drug-likeness (QED) is 0.171. The van der Waals surface area contributed by atoms with Gasteiger partial charge in [-0.3, -0.25) is 4.90 Å². The Morgan fingerprint density at radius 1 is 0.595 bits per heavy atom. The van der Waals surface area contributed by atoms with Crippen molar-refractivity contribution in [3.63, 3.8) is 0 Å². The zero-order chi connectivity index (χ0) is 56.9. The molecule has 0 spiro atoms. The highest BCUT2D eigenvalue weighted by Crippen LogP contribution is 2.67. The Morgan fingerprint density at radius 2 is 1.38 bits per heavy atom. The monoisotopic (exact) mass is 1120 g/mol. The molecule has 444 valence electrons. The minimum Gasteiger partial charge on any atom is -0.466 e.